The van der Waals surface area contributed by atoms with Crippen LogP contribution in [0.3, 0.4) is 0 Å². The van der Waals surface area contributed by atoms with Crippen molar-refractivity contribution in [3.8, 4) is 5.75 Å². The smallest absolute Gasteiger partial charge is 0.416 e. The second kappa shape index (κ2) is 10.6. The van der Waals surface area contributed by atoms with Gasteiger partial charge in [-0.05, 0) is 37.4 Å². The minimum atomic E-state index is -4.62. The van der Waals surface area contributed by atoms with Gasteiger partial charge in [-0.15, -0.1) is 0 Å². The molecular formula is C25H27F3N4O4. The number of fused-ring (bicyclic) bond motifs is 2. The number of nitrogens with one attached hydrogen (secondary N) is 1. The molecule has 8 nitrogen and oxygen atoms in total. The number of carbonyl (C=O) groups is 3. The van der Waals surface area contributed by atoms with Gasteiger partial charge in [0.25, 0.3) is 11.8 Å². The van der Waals surface area contributed by atoms with E-state index in [1.165, 1.54) is 0 Å². The molecule has 0 bridgehead atoms. The highest BCUT2D eigenvalue weighted by molar-refractivity contribution is 5.97. The lowest BCUT2D eigenvalue weighted by atomic mass is 10.1. The maximum Gasteiger partial charge on any atom is 0.416 e. The number of amides is 3. The highest BCUT2D eigenvalue weighted by Gasteiger charge is 2.35. The normalized spacial score (nSPS) is 20.2. The predicted molar refractivity (Wildman–Crippen MR) is 125 cm³/mol. The van der Waals surface area contributed by atoms with Gasteiger partial charge in [0.15, 0.2) is 0 Å². The van der Waals surface area contributed by atoms with Crippen LogP contribution in [0.2, 0.25) is 0 Å². The first-order valence-electron chi connectivity index (χ1n) is 11.6. The van der Waals surface area contributed by atoms with Crippen molar-refractivity contribution < 1.29 is 32.3 Å². The second-order valence-electron chi connectivity index (χ2n) is 8.87. The molecule has 0 unspecified atom stereocenters. The number of halogens is 3. The van der Waals surface area contributed by atoms with Crippen LogP contribution < -0.4 is 10.1 Å². The predicted octanol–water partition coefficient (Wildman–Crippen LogP) is 2.11. The van der Waals surface area contributed by atoms with E-state index in [0.717, 1.165) is 18.2 Å². The number of ether oxygens (including phenoxy) is 1. The molecule has 4 rings (SSSR count). The Balaban J connectivity index is 1.62. The van der Waals surface area contributed by atoms with Crippen LogP contribution in [0.25, 0.3) is 0 Å². The van der Waals surface area contributed by atoms with Gasteiger partial charge in [0.05, 0.1) is 23.7 Å². The Morgan fingerprint density at radius 2 is 1.81 bits per heavy atom. The fourth-order valence-corrected chi connectivity index (χ4v) is 4.33. The van der Waals surface area contributed by atoms with Crippen LogP contribution in [0.1, 0.15) is 26.3 Å². The molecule has 36 heavy (non-hydrogen) atoms. The zero-order valence-corrected chi connectivity index (χ0v) is 19.8. The van der Waals surface area contributed by atoms with Gasteiger partial charge in [-0.2, -0.15) is 13.2 Å². The molecule has 11 heteroatoms. The lowest BCUT2D eigenvalue weighted by molar-refractivity contribution is -0.138. The van der Waals surface area contributed by atoms with E-state index in [-0.39, 0.29) is 55.9 Å². The Kier molecular flexibility index (Phi) is 7.48. The van der Waals surface area contributed by atoms with Crippen LogP contribution in [-0.2, 0) is 11.0 Å². The third kappa shape index (κ3) is 5.78. The first-order chi connectivity index (χ1) is 17.1. The molecule has 0 radical (unpaired) electrons. The molecule has 0 aliphatic carbocycles. The van der Waals surface area contributed by atoms with Crippen LogP contribution in [-0.4, -0.2) is 91.4 Å². The van der Waals surface area contributed by atoms with Gasteiger partial charge < -0.3 is 19.9 Å². The van der Waals surface area contributed by atoms with E-state index in [1.54, 1.807) is 46.0 Å². The lowest BCUT2D eigenvalue weighted by Gasteiger charge is -2.41. The maximum absolute atomic E-state index is 13.3. The largest absolute Gasteiger partial charge is 0.491 e. The average Bonchev–Trinajstić information content (AvgIpc) is 2.86. The Labute approximate surface area is 206 Å². The number of nitrogens with zero attached hydrogens (tertiary/aromatic N) is 3. The summed E-state index contributed by atoms with van der Waals surface area (Å²) in [6.07, 6.45) is -4.62. The monoisotopic (exact) mass is 504 g/mol. The Morgan fingerprint density at radius 1 is 1.06 bits per heavy atom. The van der Waals surface area contributed by atoms with Crippen LogP contribution in [0.15, 0.2) is 48.5 Å². The van der Waals surface area contributed by atoms with Crippen molar-refractivity contribution in [1.29, 1.82) is 0 Å². The number of piperazine rings is 1. The Morgan fingerprint density at radius 3 is 2.53 bits per heavy atom. The standard InChI is InChI=1S/C25H27F3N4O4/c1-30-10-9-29-23(34)20-13-18(25(26,27)28)7-8-21(20)36-16-19-14-31(11-12-32(19)22(33)15-30)24(35)17-5-3-2-4-6-17/h2-8,13,19H,9-12,14-16H2,1H3,(H,29,34)/t19-/m0/s1. The van der Waals surface area contributed by atoms with Gasteiger partial charge in [0.1, 0.15) is 12.4 Å². The molecule has 0 saturated carbocycles. The van der Waals surface area contributed by atoms with Crippen LogP contribution in [0, 0.1) is 0 Å². The molecule has 2 aromatic carbocycles. The Bertz CT molecular complexity index is 1130. The van der Waals surface area contributed by atoms with Crippen molar-refractivity contribution in [1.82, 2.24) is 20.0 Å². The SMILES string of the molecule is CN1CCNC(=O)c2cc(C(F)(F)F)ccc2OC[C@@H]2CN(C(=O)c3ccccc3)CCN2C(=O)C1. The topological polar surface area (TPSA) is 82.2 Å². The zero-order chi connectivity index (χ0) is 25.9. The van der Waals surface area contributed by atoms with E-state index < -0.39 is 23.7 Å². The van der Waals surface area contributed by atoms with E-state index in [2.05, 4.69) is 5.32 Å². The summed E-state index contributed by atoms with van der Waals surface area (Å²) in [6, 6.07) is 11.0. The van der Waals surface area contributed by atoms with Gasteiger partial charge in [0, 0.05) is 38.3 Å². The summed E-state index contributed by atoms with van der Waals surface area (Å²) in [5.41, 5.74) is -0.683. The first kappa shape index (κ1) is 25.5. The highest BCUT2D eigenvalue weighted by atomic mass is 19.4. The molecule has 3 amide bonds. The van der Waals surface area contributed by atoms with Gasteiger partial charge in [-0.25, -0.2) is 0 Å². The number of likely N-dealkylation sites (N-methyl/N-ethyl adjacent to an activating group) is 1. The molecule has 1 atom stereocenters. The Hall–Kier alpha value is -3.60. The van der Waals surface area contributed by atoms with E-state index >= 15 is 0 Å². The van der Waals surface area contributed by atoms with Crippen molar-refractivity contribution in [2.75, 3.05) is 52.9 Å². The maximum atomic E-state index is 13.3. The van der Waals surface area contributed by atoms with Crippen LogP contribution >= 0.6 is 0 Å². The molecule has 1 N–H and O–H groups in total. The first-order valence-corrected chi connectivity index (χ1v) is 11.6. The molecule has 2 aliphatic rings. The van der Waals surface area contributed by atoms with Crippen LogP contribution in [0.5, 0.6) is 5.75 Å². The van der Waals surface area contributed by atoms with Gasteiger partial charge in [-0.3, -0.25) is 19.3 Å². The van der Waals surface area contributed by atoms with Crippen LogP contribution in [0.4, 0.5) is 13.2 Å². The molecular weight excluding hydrogens is 477 g/mol. The molecule has 0 aromatic heterocycles. The van der Waals surface area contributed by atoms with Crippen molar-refractivity contribution in [3.63, 3.8) is 0 Å². The zero-order valence-electron chi connectivity index (χ0n) is 19.8. The molecule has 1 saturated heterocycles. The average molecular weight is 505 g/mol. The minimum absolute atomic E-state index is 0.0213. The second-order valence-corrected chi connectivity index (χ2v) is 8.87. The highest BCUT2D eigenvalue weighted by Crippen LogP contribution is 2.33. The van der Waals surface area contributed by atoms with Crippen molar-refractivity contribution in [2.24, 2.45) is 0 Å². The number of hydrogen-bond donors (Lipinski definition) is 1. The molecule has 2 aromatic rings. The summed E-state index contributed by atoms with van der Waals surface area (Å²) in [7, 11) is 1.72. The molecule has 0 spiro atoms. The molecule has 2 aliphatic heterocycles. The molecule has 1 fully saturated rings. The third-order valence-corrected chi connectivity index (χ3v) is 6.28. The fourth-order valence-electron chi connectivity index (χ4n) is 4.33. The summed E-state index contributed by atoms with van der Waals surface area (Å²) in [5, 5.41) is 2.60. The summed E-state index contributed by atoms with van der Waals surface area (Å²) < 4.78 is 45.7. The lowest BCUT2D eigenvalue weighted by Crippen LogP contribution is -2.59. The number of alkyl halides is 3. The van der Waals surface area contributed by atoms with Crippen molar-refractivity contribution in [3.05, 3.63) is 65.2 Å². The van der Waals surface area contributed by atoms with Gasteiger partial charge in [-0.1, -0.05) is 18.2 Å². The number of benzene rings is 2. The van der Waals surface area contributed by atoms with Crippen molar-refractivity contribution in [2.45, 2.75) is 12.2 Å². The summed E-state index contributed by atoms with van der Waals surface area (Å²) >= 11 is 0. The van der Waals surface area contributed by atoms with E-state index in [0.29, 0.717) is 18.7 Å². The summed E-state index contributed by atoms with van der Waals surface area (Å²) in [6.45, 7) is 1.27. The van der Waals surface area contributed by atoms with Gasteiger partial charge in [0.2, 0.25) is 5.91 Å². The molecule has 2 heterocycles. The number of rotatable bonds is 1. The minimum Gasteiger partial charge on any atom is -0.491 e. The number of hydrogen-bond acceptors (Lipinski definition) is 5. The van der Waals surface area contributed by atoms with Crippen molar-refractivity contribution >= 4 is 17.7 Å². The van der Waals surface area contributed by atoms with E-state index in [4.69, 9.17) is 4.74 Å². The van der Waals surface area contributed by atoms with E-state index in [9.17, 15) is 27.6 Å². The van der Waals surface area contributed by atoms with E-state index in [1.807, 2.05) is 6.07 Å². The third-order valence-electron chi connectivity index (χ3n) is 6.28. The quantitative estimate of drug-likeness (QED) is 0.644. The molecule has 192 valence electrons. The fraction of sp³-hybridized carbons (Fsp3) is 0.400. The number of carbonyl (C=O) groups excluding carboxylic acids is 3. The van der Waals surface area contributed by atoms with Gasteiger partial charge >= 0.3 is 6.18 Å². The summed E-state index contributed by atoms with van der Waals surface area (Å²) in [5.74, 6) is -1.06. The summed E-state index contributed by atoms with van der Waals surface area (Å²) in [4.78, 5) is 43.8.